The Balaban J connectivity index is 1.38. The Morgan fingerprint density at radius 2 is 2.04 bits per heavy atom. The van der Waals surface area contributed by atoms with E-state index >= 15 is 0 Å². The molecule has 150 valence electrons. The molecule has 3 saturated carbocycles. The lowest BCUT2D eigenvalue weighted by molar-refractivity contribution is -0.199. The van der Waals surface area contributed by atoms with E-state index in [0.717, 1.165) is 31.7 Å². The van der Waals surface area contributed by atoms with E-state index in [4.69, 9.17) is 14.0 Å². The number of ether oxygens (including phenoxy) is 1. The Bertz CT molecular complexity index is 798. The zero-order valence-electron chi connectivity index (χ0n) is 17.3. The van der Waals surface area contributed by atoms with E-state index in [-0.39, 0.29) is 30.7 Å². The van der Waals surface area contributed by atoms with Crippen molar-refractivity contribution in [2.24, 2.45) is 17.3 Å². The third-order valence-electron chi connectivity index (χ3n) is 8.18. The van der Waals surface area contributed by atoms with Gasteiger partial charge in [-0.1, -0.05) is 26.0 Å². The molecule has 1 aromatic carbocycles. The minimum atomic E-state index is -0.327. The SMILES string of the molecule is COc1ccccc1C(=O)N1CCC[C@H]1B1O[C@@H]2C[C@@H]3C[C@@H](C3(C)C)[C@]2(C)O1. The fraction of sp³-hybridized carbons (Fsp3) is 0.682. The van der Waals surface area contributed by atoms with Gasteiger partial charge in [-0.2, -0.15) is 0 Å². The first-order valence-electron chi connectivity index (χ1n) is 10.6. The molecule has 5 nitrogen and oxygen atoms in total. The van der Waals surface area contributed by atoms with Gasteiger partial charge in [-0.25, -0.2) is 0 Å². The lowest BCUT2D eigenvalue weighted by Crippen LogP contribution is -2.65. The molecule has 5 aliphatic rings. The number of para-hydroxylation sites is 1. The molecule has 6 heteroatoms. The molecule has 2 saturated heterocycles. The van der Waals surface area contributed by atoms with Crippen molar-refractivity contribution in [2.75, 3.05) is 13.7 Å². The highest BCUT2D eigenvalue weighted by Gasteiger charge is 2.69. The molecule has 0 aromatic heterocycles. The average molecular weight is 383 g/mol. The van der Waals surface area contributed by atoms with Gasteiger partial charge in [-0.3, -0.25) is 4.79 Å². The highest BCUT2D eigenvalue weighted by atomic mass is 16.7. The lowest BCUT2D eigenvalue weighted by atomic mass is 9.43. The third-order valence-corrected chi connectivity index (χ3v) is 8.18. The smallest absolute Gasteiger partial charge is 0.481 e. The molecule has 5 fully saturated rings. The monoisotopic (exact) mass is 383 g/mol. The first-order chi connectivity index (χ1) is 13.4. The molecule has 0 spiro atoms. The van der Waals surface area contributed by atoms with Gasteiger partial charge in [0.25, 0.3) is 5.91 Å². The van der Waals surface area contributed by atoms with Crippen LogP contribution in [0.4, 0.5) is 0 Å². The van der Waals surface area contributed by atoms with Crippen molar-refractivity contribution in [3.05, 3.63) is 29.8 Å². The summed E-state index contributed by atoms with van der Waals surface area (Å²) in [6.45, 7) is 7.72. The van der Waals surface area contributed by atoms with E-state index < -0.39 is 0 Å². The molecule has 1 aromatic rings. The molecule has 0 unspecified atom stereocenters. The summed E-state index contributed by atoms with van der Waals surface area (Å²) in [5, 5.41) is 0. The topological polar surface area (TPSA) is 48.0 Å². The van der Waals surface area contributed by atoms with Crippen LogP contribution in [-0.2, 0) is 9.31 Å². The average Bonchev–Trinajstić information content (AvgIpc) is 3.30. The quantitative estimate of drug-likeness (QED) is 0.749. The predicted octanol–water partition coefficient (Wildman–Crippen LogP) is 3.57. The van der Waals surface area contributed by atoms with Crippen LogP contribution in [0.25, 0.3) is 0 Å². The van der Waals surface area contributed by atoms with Crippen LogP contribution >= 0.6 is 0 Å². The summed E-state index contributed by atoms with van der Waals surface area (Å²) in [5.41, 5.74) is 0.707. The molecule has 3 aliphatic carbocycles. The molecule has 28 heavy (non-hydrogen) atoms. The number of rotatable bonds is 3. The Hall–Kier alpha value is -1.53. The van der Waals surface area contributed by atoms with Crippen LogP contribution in [0.5, 0.6) is 5.75 Å². The Morgan fingerprint density at radius 1 is 1.25 bits per heavy atom. The molecule has 6 rings (SSSR count). The summed E-state index contributed by atoms with van der Waals surface area (Å²) < 4.78 is 18.5. The molecule has 0 N–H and O–H groups in total. The van der Waals surface area contributed by atoms with E-state index in [1.165, 1.54) is 6.42 Å². The highest BCUT2D eigenvalue weighted by Crippen LogP contribution is 2.65. The summed E-state index contributed by atoms with van der Waals surface area (Å²) in [5.74, 6) is 1.87. The largest absolute Gasteiger partial charge is 0.496 e. The molecule has 1 amide bonds. The number of amides is 1. The number of benzene rings is 1. The number of hydrogen-bond acceptors (Lipinski definition) is 4. The van der Waals surface area contributed by atoms with Gasteiger partial charge in [0, 0.05) is 6.54 Å². The lowest BCUT2D eigenvalue weighted by Gasteiger charge is -2.64. The minimum absolute atomic E-state index is 0.0109. The predicted molar refractivity (Wildman–Crippen MR) is 107 cm³/mol. The van der Waals surface area contributed by atoms with E-state index in [1.807, 2.05) is 29.2 Å². The summed E-state index contributed by atoms with van der Waals surface area (Å²) >= 11 is 0. The van der Waals surface area contributed by atoms with Crippen molar-refractivity contribution >= 4 is 13.0 Å². The van der Waals surface area contributed by atoms with Crippen molar-refractivity contribution in [1.82, 2.24) is 4.90 Å². The van der Waals surface area contributed by atoms with Gasteiger partial charge in [0.15, 0.2) is 0 Å². The van der Waals surface area contributed by atoms with Gasteiger partial charge < -0.3 is 18.9 Å². The van der Waals surface area contributed by atoms with Crippen LogP contribution in [0.1, 0.15) is 56.8 Å². The standard InChI is InChI=1S/C22H30BNO4/c1-21(2)14-12-17(21)22(3)18(13-14)27-23(28-22)19-10-7-11-24(19)20(25)15-8-5-6-9-16(15)26-4/h5-6,8-9,14,17-19H,7,10-13H2,1-4H3/t14-,17-,18+,19-,22-/m0/s1. The number of hydrogen-bond donors (Lipinski definition) is 0. The molecule has 2 bridgehead atoms. The third kappa shape index (κ3) is 2.43. The second kappa shape index (κ2) is 6.23. The van der Waals surface area contributed by atoms with Gasteiger partial charge >= 0.3 is 7.12 Å². The zero-order chi connectivity index (χ0) is 19.7. The van der Waals surface area contributed by atoms with E-state index in [9.17, 15) is 4.79 Å². The van der Waals surface area contributed by atoms with Crippen LogP contribution in [0.2, 0.25) is 0 Å². The summed E-state index contributed by atoms with van der Waals surface area (Å²) in [6, 6.07) is 7.45. The molecular formula is C22H30BNO4. The van der Waals surface area contributed by atoms with E-state index in [1.54, 1.807) is 7.11 Å². The first kappa shape index (κ1) is 18.5. The molecule has 2 heterocycles. The number of methoxy groups -OCH3 is 1. The fourth-order valence-corrected chi connectivity index (χ4v) is 6.37. The number of nitrogens with zero attached hydrogens (tertiary/aromatic N) is 1. The summed E-state index contributed by atoms with van der Waals surface area (Å²) in [4.78, 5) is 15.2. The Kier molecular flexibility index (Phi) is 4.12. The van der Waals surface area contributed by atoms with Crippen molar-refractivity contribution in [2.45, 2.75) is 64.1 Å². The number of likely N-dealkylation sites (tertiary alicyclic amines) is 1. The van der Waals surface area contributed by atoms with Crippen LogP contribution in [-0.4, -0.2) is 49.2 Å². The van der Waals surface area contributed by atoms with Gasteiger partial charge in [-0.15, -0.1) is 0 Å². The van der Waals surface area contributed by atoms with Gasteiger partial charge in [0.1, 0.15) is 5.75 Å². The van der Waals surface area contributed by atoms with Crippen molar-refractivity contribution in [3.8, 4) is 5.75 Å². The van der Waals surface area contributed by atoms with Gasteiger partial charge in [0.2, 0.25) is 0 Å². The maximum absolute atomic E-state index is 13.3. The molecule has 5 atom stereocenters. The summed E-state index contributed by atoms with van der Waals surface area (Å²) in [7, 11) is 1.28. The van der Waals surface area contributed by atoms with Crippen molar-refractivity contribution in [1.29, 1.82) is 0 Å². The van der Waals surface area contributed by atoms with Gasteiger partial charge in [-0.05, 0) is 62.0 Å². The normalized spacial score (nSPS) is 38.1. The van der Waals surface area contributed by atoms with Crippen LogP contribution in [0, 0.1) is 17.3 Å². The summed E-state index contributed by atoms with van der Waals surface area (Å²) in [6.07, 6.45) is 4.37. The van der Waals surface area contributed by atoms with Gasteiger partial charge in [0.05, 0.1) is 30.3 Å². The maximum Gasteiger partial charge on any atom is 0.481 e. The van der Waals surface area contributed by atoms with Crippen molar-refractivity contribution < 1.29 is 18.8 Å². The van der Waals surface area contributed by atoms with Crippen molar-refractivity contribution in [3.63, 3.8) is 0 Å². The zero-order valence-corrected chi connectivity index (χ0v) is 17.3. The molecule has 2 aliphatic heterocycles. The van der Waals surface area contributed by atoms with Crippen LogP contribution < -0.4 is 4.74 Å². The maximum atomic E-state index is 13.3. The molecule has 0 radical (unpaired) electrons. The van der Waals surface area contributed by atoms with E-state index in [0.29, 0.717) is 22.6 Å². The van der Waals surface area contributed by atoms with E-state index in [2.05, 4.69) is 20.8 Å². The second-order valence-electron chi connectivity index (χ2n) is 9.75. The van der Waals surface area contributed by atoms with Crippen LogP contribution in [0.15, 0.2) is 24.3 Å². The van der Waals surface area contributed by atoms with Crippen LogP contribution in [0.3, 0.4) is 0 Å². The minimum Gasteiger partial charge on any atom is -0.496 e. The Morgan fingerprint density at radius 3 is 2.79 bits per heavy atom. The Labute approximate surface area is 167 Å². The molecular weight excluding hydrogens is 353 g/mol. The number of carbonyl (C=O) groups is 1. The fourth-order valence-electron chi connectivity index (χ4n) is 6.37. The first-order valence-corrected chi connectivity index (χ1v) is 10.6. The number of carbonyl (C=O) groups excluding carboxylic acids is 1. The highest BCUT2D eigenvalue weighted by molar-refractivity contribution is 6.48. The second-order valence-corrected chi connectivity index (χ2v) is 9.75.